The monoisotopic (exact) mass is 322 g/mol. The van der Waals surface area contributed by atoms with Crippen molar-refractivity contribution in [3.8, 4) is 0 Å². The van der Waals surface area contributed by atoms with E-state index < -0.39 is 0 Å². The number of carbonyl (C=O) groups excluding carboxylic acids is 2. The van der Waals surface area contributed by atoms with Crippen LogP contribution >= 0.6 is 0 Å². The Bertz CT molecular complexity index is 866. The van der Waals surface area contributed by atoms with Crippen LogP contribution in [0.1, 0.15) is 11.1 Å². The summed E-state index contributed by atoms with van der Waals surface area (Å²) in [6.07, 6.45) is 2.39. The smallest absolute Gasteiger partial charge is 0.309 e. The molecule has 0 unspecified atom stereocenters. The van der Waals surface area contributed by atoms with Gasteiger partial charge in [0.1, 0.15) is 0 Å². The predicted molar refractivity (Wildman–Crippen MR) is 92.8 cm³/mol. The maximum atomic E-state index is 12.2. The van der Waals surface area contributed by atoms with Crippen molar-refractivity contribution < 1.29 is 14.3 Å². The molecule has 3 aromatic rings. The van der Waals surface area contributed by atoms with Crippen molar-refractivity contribution in [2.45, 2.75) is 12.8 Å². The number of para-hydroxylation sites is 1. The van der Waals surface area contributed by atoms with Crippen LogP contribution < -0.4 is 5.32 Å². The van der Waals surface area contributed by atoms with Crippen molar-refractivity contribution in [2.24, 2.45) is 0 Å². The fraction of sp³-hybridized carbons (Fsp3) is 0.158. The molecule has 1 aromatic heterocycles. The Morgan fingerprint density at radius 3 is 2.54 bits per heavy atom. The van der Waals surface area contributed by atoms with Gasteiger partial charge in [-0.2, -0.15) is 0 Å². The molecule has 0 bridgehead atoms. The lowest BCUT2D eigenvalue weighted by atomic mass is 10.1. The Labute approximate surface area is 139 Å². The molecule has 0 spiro atoms. The van der Waals surface area contributed by atoms with Gasteiger partial charge in [0.2, 0.25) is 5.91 Å². The lowest BCUT2D eigenvalue weighted by molar-refractivity contribution is -0.139. The van der Waals surface area contributed by atoms with Gasteiger partial charge in [0.05, 0.1) is 20.0 Å². The van der Waals surface area contributed by atoms with Gasteiger partial charge in [0, 0.05) is 22.8 Å². The first-order chi connectivity index (χ1) is 11.7. The third kappa shape index (κ3) is 3.63. The summed E-state index contributed by atoms with van der Waals surface area (Å²) >= 11 is 0. The number of hydrogen-bond acceptors (Lipinski definition) is 3. The lowest BCUT2D eigenvalue weighted by Crippen LogP contribution is -2.14. The summed E-state index contributed by atoms with van der Waals surface area (Å²) < 4.78 is 4.63. The van der Waals surface area contributed by atoms with Crippen molar-refractivity contribution in [3.63, 3.8) is 0 Å². The molecule has 122 valence electrons. The van der Waals surface area contributed by atoms with Crippen LogP contribution in [-0.4, -0.2) is 24.0 Å². The minimum absolute atomic E-state index is 0.0829. The highest BCUT2D eigenvalue weighted by molar-refractivity contribution is 5.95. The average molecular weight is 322 g/mol. The Hall–Kier alpha value is -3.08. The zero-order chi connectivity index (χ0) is 16.9. The first-order valence-corrected chi connectivity index (χ1v) is 7.66. The maximum absolute atomic E-state index is 12.2. The molecular formula is C19H18N2O3. The van der Waals surface area contributed by atoms with Gasteiger partial charge in [0.25, 0.3) is 0 Å². The summed E-state index contributed by atoms with van der Waals surface area (Å²) in [6.45, 7) is 0. The third-order valence-electron chi connectivity index (χ3n) is 3.84. The van der Waals surface area contributed by atoms with Crippen LogP contribution in [0.5, 0.6) is 0 Å². The number of benzene rings is 2. The Kier molecular flexibility index (Phi) is 4.61. The molecule has 5 nitrogen and oxygen atoms in total. The number of esters is 1. The second-order valence-corrected chi connectivity index (χ2v) is 5.53. The maximum Gasteiger partial charge on any atom is 0.309 e. The van der Waals surface area contributed by atoms with E-state index in [1.807, 2.05) is 30.5 Å². The lowest BCUT2D eigenvalue weighted by Gasteiger charge is -2.06. The van der Waals surface area contributed by atoms with Gasteiger partial charge in [-0.1, -0.05) is 30.3 Å². The van der Waals surface area contributed by atoms with E-state index in [0.29, 0.717) is 12.1 Å². The number of fused-ring (bicyclic) bond motifs is 1. The highest BCUT2D eigenvalue weighted by atomic mass is 16.5. The van der Waals surface area contributed by atoms with E-state index in [4.69, 9.17) is 0 Å². The predicted octanol–water partition coefficient (Wildman–Crippen LogP) is 3.06. The van der Waals surface area contributed by atoms with Crippen molar-refractivity contribution in [3.05, 3.63) is 65.9 Å². The highest BCUT2D eigenvalue weighted by Crippen LogP contribution is 2.19. The van der Waals surface area contributed by atoms with Crippen LogP contribution in [0.2, 0.25) is 0 Å². The molecule has 0 atom stereocenters. The quantitative estimate of drug-likeness (QED) is 0.709. The molecule has 0 fully saturated rings. The van der Waals surface area contributed by atoms with Gasteiger partial charge in [-0.05, 0) is 29.3 Å². The van der Waals surface area contributed by atoms with Gasteiger partial charge in [-0.3, -0.25) is 9.59 Å². The summed E-state index contributed by atoms with van der Waals surface area (Å²) in [4.78, 5) is 26.6. The average Bonchev–Trinajstić information content (AvgIpc) is 2.99. The van der Waals surface area contributed by atoms with E-state index >= 15 is 0 Å². The van der Waals surface area contributed by atoms with Crippen LogP contribution in [0.25, 0.3) is 10.9 Å². The number of methoxy groups -OCH3 is 1. The van der Waals surface area contributed by atoms with Gasteiger partial charge >= 0.3 is 5.97 Å². The molecule has 3 rings (SSSR count). The number of H-pyrrole nitrogens is 1. The number of rotatable bonds is 5. The molecule has 24 heavy (non-hydrogen) atoms. The van der Waals surface area contributed by atoms with Crippen LogP contribution in [-0.2, 0) is 27.2 Å². The number of hydrogen-bond donors (Lipinski definition) is 2. The van der Waals surface area contributed by atoms with Gasteiger partial charge < -0.3 is 15.0 Å². The molecular weight excluding hydrogens is 304 g/mol. The third-order valence-corrected chi connectivity index (χ3v) is 3.84. The van der Waals surface area contributed by atoms with E-state index in [1.54, 1.807) is 24.3 Å². The molecule has 0 saturated heterocycles. The normalized spacial score (nSPS) is 10.5. The molecule has 0 radical (unpaired) electrons. The van der Waals surface area contributed by atoms with Crippen molar-refractivity contribution >= 4 is 28.5 Å². The Balaban J connectivity index is 1.63. The Morgan fingerprint density at radius 1 is 1.04 bits per heavy atom. The number of aromatic nitrogens is 1. The van der Waals surface area contributed by atoms with E-state index in [1.165, 1.54) is 7.11 Å². The van der Waals surface area contributed by atoms with Gasteiger partial charge in [-0.25, -0.2) is 0 Å². The first kappa shape index (κ1) is 15.8. The number of ether oxygens (including phenoxy) is 1. The molecule has 1 heterocycles. The molecule has 2 aromatic carbocycles. The van der Waals surface area contributed by atoms with E-state index in [2.05, 4.69) is 15.0 Å². The number of aromatic amines is 1. The molecule has 0 aliphatic heterocycles. The van der Waals surface area contributed by atoms with Crippen LogP contribution in [0.15, 0.2) is 54.7 Å². The fourth-order valence-corrected chi connectivity index (χ4v) is 2.60. The second kappa shape index (κ2) is 7.00. The standard InChI is InChI=1S/C19H18N2O3/c1-24-19(23)10-13-6-8-15(9-7-13)21-18(22)11-14-12-20-17-5-3-2-4-16(14)17/h2-9,12,20H,10-11H2,1H3,(H,21,22). The van der Waals surface area contributed by atoms with Gasteiger partial charge in [0.15, 0.2) is 0 Å². The number of nitrogens with one attached hydrogen (secondary N) is 2. The van der Waals surface area contributed by atoms with E-state index in [9.17, 15) is 9.59 Å². The topological polar surface area (TPSA) is 71.2 Å². The molecule has 0 aliphatic carbocycles. The first-order valence-electron chi connectivity index (χ1n) is 7.66. The summed E-state index contributed by atoms with van der Waals surface area (Å²) in [5.74, 6) is -0.369. The van der Waals surface area contributed by atoms with Crippen molar-refractivity contribution in [1.82, 2.24) is 4.98 Å². The molecule has 1 amide bonds. The summed E-state index contributed by atoms with van der Waals surface area (Å²) in [5.41, 5.74) is 3.53. The fourth-order valence-electron chi connectivity index (χ4n) is 2.60. The number of amides is 1. The van der Waals surface area contributed by atoms with Gasteiger partial charge in [-0.15, -0.1) is 0 Å². The molecule has 2 N–H and O–H groups in total. The zero-order valence-electron chi connectivity index (χ0n) is 13.3. The molecule has 5 heteroatoms. The molecule has 0 aliphatic rings. The number of anilines is 1. The minimum Gasteiger partial charge on any atom is -0.469 e. The summed E-state index contributed by atoms with van der Waals surface area (Å²) in [5, 5.41) is 3.93. The largest absolute Gasteiger partial charge is 0.469 e. The van der Waals surface area contributed by atoms with Crippen LogP contribution in [0.4, 0.5) is 5.69 Å². The van der Waals surface area contributed by atoms with E-state index in [-0.39, 0.29) is 18.3 Å². The van der Waals surface area contributed by atoms with Crippen LogP contribution in [0.3, 0.4) is 0 Å². The molecule has 0 saturated carbocycles. The Morgan fingerprint density at radius 2 is 1.79 bits per heavy atom. The summed E-state index contributed by atoms with van der Waals surface area (Å²) in [7, 11) is 1.36. The zero-order valence-corrected chi connectivity index (χ0v) is 13.3. The van der Waals surface area contributed by atoms with Crippen molar-refractivity contribution in [1.29, 1.82) is 0 Å². The van der Waals surface area contributed by atoms with Crippen LogP contribution in [0, 0.1) is 0 Å². The minimum atomic E-state index is -0.286. The number of carbonyl (C=O) groups is 2. The SMILES string of the molecule is COC(=O)Cc1ccc(NC(=O)Cc2c[nH]c3ccccc23)cc1. The van der Waals surface area contributed by atoms with Crippen molar-refractivity contribution in [2.75, 3.05) is 12.4 Å². The highest BCUT2D eigenvalue weighted by Gasteiger charge is 2.09. The second-order valence-electron chi connectivity index (χ2n) is 5.53. The summed E-state index contributed by atoms with van der Waals surface area (Å²) in [6, 6.07) is 15.1. The van der Waals surface area contributed by atoms with E-state index in [0.717, 1.165) is 22.0 Å².